The first kappa shape index (κ1) is 47.2. The van der Waals surface area contributed by atoms with Crippen LogP contribution in [-0.4, -0.2) is 172 Å². The van der Waals surface area contributed by atoms with Gasteiger partial charge in [-0.2, -0.15) is 0 Å². The maximum Gasteiger partial charge on any atom is 0.338 e. The largest absolute Gasteiger partial charge is 0.460 e. The highest BCUT2D eigenvalue weighted by Crippen LogP contribution is 2.12. The second-order valence-corrected chi connectivity index (χ2v) is 11.5. The molecule has 2 rings (SSSR count). The van der Waals surface area contributed by atoms with E-state index in [9.17, 15) is 29.3 Å². The van der Waals surface area contributed by atoms with Crippen molar-refractivity contribution in [1.82, 2.24) is 10.2 Å². The van der Waals surface area contributed by atoms with Crippen LogP contribution in [0.15, 0.2) is 36.4 Å². The number of carbonyl (C=O) groups excluding carboxylic acids is 4. The van der Waals surface area contributed by atoms with Gasteiger partial charge < -0.3 is 52.7 Å². The van der Waals surface area contributed by atoms with Gasteiger partial charge in [-0.3, -0.25) is 29.4 Å². The summed E-state index contributed by atoms with van der Waals surface area (Å²) in [5.41, 5.74) is 0.132. The number of nitro groups is 1. The fourth-order valence-electron chi connectivity index (χ4n) is 4.37. The minimum atomic E-state index is -0.576. The fraction of sp³-hybridized carbons (Fsp3) is 0.667. The Bertz CT molecular complexity index is 1230. The smallest absolute Gasteiger partial charge is 0.338 e. The van der Waals surface area contributed by atoms with E-state index in [0.717, 1.165) is 36.3 Å². The number of non-ortho nitro benzene ring substituents is 1. The van der Waals surface area contributed by atoms with E-state index >= 15 is 0 Å². The fourth-order valence-corrected chi connectivity index (χ4v) is 4.37. The summed E-state index contributed by atoms with van der Waals surface area (Å²) in [4.78, 5) is 57.6. The standard InChI is InChI=1S/C36H55N3O16/c40-33(30-38-34(41)8-9-35(38)42)37-10-13-48-16-14-46-11-2-1-3-12-47-15-17-49-18-19-50-20-21-51-22-23-52-24-25-53-26-27-54-28-29-55-36(43)31-4-6-32(7-5-31)39(44)45/h4-9H,1-3,10-30H2,(H,37,40). The lowest BCUT2D eigenvalue weighted by molar-refractivity contribution is -0.384. The van der Waals surface area contributed by atoms with Crippen molar-refractivity contribution in [1.29, 1.82) is 0 Å². The normalized spacial score (nSPS) is 12.5. The molecular weight excluding hydrogens is 730 g/mol. The summed E-state index contributed by atoms with van der Waals surface area (Å²) in [6, 6.07) is 5.18. The van der Waals surface area contributed by atoms with Crippen molar-refractivity contribution < 1.29 is 71.5 Å². The Balaban J connectivity index is 1.17. The third kappa shape index (κ3) is 25.0. The van der Waals surface area contributed by atoms with Gasteiger partial charge in [0.1, 0.15) is 13.2 Å². The Morgan fingerprint density at radius 3 is 1.35 bits per heavy atom. The highest BCUT2D eigenvalue weighted by atomic mass is 16.6. The number of unbranched alkanes of at least 4 members (excludes halogenated alkanes) is 2. The summed E-state index contributed by atoms with van der Waals surface area (Å²) in [7, 11) is 0. The third-order valence-corrected chi connectivity index (χ3v) is 7.23. The van der Waals surface area contributed by atoms with Gasteiger partial charge in [0.25, 0.3) is 17.5 Å². The zero-order valence-corrected chi connectivity index (χ0v) is 31.4. The van der Waals surface area contributed by atoms with Crippen LogP contribution < -0.4 is 5.32 Å². The SMILES string of the molecule is O=C(CN1C(=O)C=CC1=O)NCCOCCOCCCCCOCCOCCOCCOCCOCCOCCOCCOC(=O)c1ccc([N+](=O)[O-])cc1. The second-order valence-electron chi connectivity index (χ2n) is 11.5. The molecule has 0 atom stereocenters. The number of amides is 3. The van der Waals surface area contributed by atoms with Crippen molar-refractivity contribution in [3.8, 4) is 0 Å². The van der Waals surface area contributed by atoms with E-state index in [4.69, 9.17) is 47.4 Å². The molecule has 0 spiro atoms. The topological polar surface area (TPSA) is 219 Å². The van der Waals surface area contributed by atoms with Crippen molar-refractivity contribution in [3.05, 3.63) is 52.1 Å². The number of nitrogens with zero attached hydrogens (tertiary/aromatic N) is 2. The number of rotatable bonds is 37. The molecule has 310 valence electrons. The molecule has 55 heavy (non-hydrogen) atoms. The highest BCUT2D eigenvalue weighted by Gasteiger charge is 2.25. The molecule has 0 radical (unpaired) electrons. The Morgan fingerprint density at radius 1 is 0.545 bits per heavy atom. The van der Waals surface area contributed by atoms with Crippen molar-refractivity contribution in [3.63, 3.8) is 0 Å². The molecule has 1 aromatic carbocycles. The van der Waals surface area contributed by atoms with Crippen LogP contribution in [0, 0.1) is 10.1 Å². The first-order valence-corrected chi connectivity index (χ1v) is 18.3. The molecule has 0 saturated heterocycles. The van der Waals surface area contributed by atoms with E-state index in [1.54, 1.807) is 0 Å². The molecule has 19 nitrogen and oxygen atoms in total. The number of hydrogen-bond acceptors (Lipinski definition) is 16. The number of benzene rings is 1. The van der Waals surface area contributed by atoms with E-state index in [0.29, 0.717) is 112 Å². The summed E-state index contributed by atoms with van der Waals surface area (Å²) in [6.45, 7) is 8.01. The molecule has 1 aliphatic heterocycles. The van der Waals surface area contributed by atoms with Gasteiger partial charge in [-0.05, 0) is 31.4 Å². The van der Waals surface area contributed by atoms with E-state index in [-0.39, 0.29) is 37.6 Å². The number of nitrogens with one attached hydrogen (secondary N) is 1. The van der Waals surface area contributed by atoms with Crippen LogP contribution >= 0.6 is 0 Å². The summed E-state index contributed by atoms with van der Waals surface area (Å²) in [5, 5.41) is 13.3. The van der Waals surface area contributed by atoms with Crippen molar-refractivity contribution in [2.45, 2.75) is 19.3 Å². The van der Waals surface area contributed by atoms with Crippen LogP contribution in [0.1, 0.15) is 29.6 Å². The van der Waals surface area contributed by atoms with Gasteiger partial charge in [0.2, 0.25) is 5.91 Å². The molecule has 19 heteroatoms. The molecule has 0 aromatic heterocycles. The first-order chi connectivity index (χ1) is 26.9. The number of nitro benzene ring substituents is 1. The molecule has 0 fully saturated rings. The molecule has 1 aromatic rings. The predicted molar refractivity (Wildman–Crippen MR) is 193 cm³/mol. The van der Waals surface area contributed by atoms with E-state index < -0.39 is 28.6 Å². The van der Waals surface area contributed by atoms with Gasteiger partial charge in [0.05, 0.1) is 116 Å². The maximum atomic E-state index is 11.9. The van der Waals surface area contributed by atoms with Crippen LogP contribution in [0.2, 0.25) is 0 Å². The van der Waals surface area contributed by atoms with Crippen LogP contribution in [0.25, 0.3) is 0 Å². The van der Waals surface area contributed by atoms with Gasteiger partial charge in [-0.25, -0.2) is 4.79 Å². The van der Waals surface area contributed by atoms with Gasteiger partial charge >= 0.3 is 5.97 Å². The predicted octanol–water partition coefficient (Wildman–Crippen LogP) is 1.11. The van der Waals surface area contributed by atoms with E-state index in [1.165, 1.54) is 24.3 Å². The molecule has 0 aliphatic carbocycles. The van der Waals surface area contributed by atoms with Gasteiger partial charge in [-0.1, -0.05) is 0 Å². The minimum Gasteiger partial charge on any atom is -0.460 e. The molecule has 0 bridgehead atoms. The van der Waals surface area contributed by atoms with E-state index in [1.807, 2.05) is 0 Å². The number of imide groups is 1. The highest BCUT2D eigenvalue weighted by molar-refractivity contribution is 6.14. The Kier molecular flexibility index (Phi) is 27.8. The molecule has 3 amide bonds. The van der Waals surface area contributed by atoms with Crippen LogP contribution in [0.4, 0.5) is 5.69 Å². The quantitative estimate of drug-likeness (QED) is 0.0328. The van der Waals surface area contributed by atoms with Crippen LogP contribution in [0.3, 0.4) is 0 Å². The summed E-state index contributed by atoms with van der Waals surface area (Å²) in [5.74, 6) is -1.97. The lowest BCUT2D eigenvalue weighted by atomic mass is 10.2. The average Bonchev–Trinajstić information content (AvgIpc) is 3.50. The Morgan fingerprint density at radius 2 is 0.927 bits per heavy atom. The summed E-state index contributed by atoms with van der Waals surface area (Å²) >= 11 is 0. The lowest BCUT2D eigenvalue weighted by Crippen LogP contribution is -2.41. The Labute approximate surface area is 320 Å². The monoisotopic (exact) mass is 785 g/mol. The van der Waals surface area contributed by atoms with Gasteiger partial charge in [0.15, 0.2) is 0 Å². The molecule has 0 unspecified atom stereocenters. The number of carbonyl (C=O) groups is 4. The number of esters is 1. The zero-order chi connectivity index (χ0) is 39.6. The molecule has 0 saturated carbocycles. The Hall–Kier alpha value is -3.92. The molecule has 1 heterocycles. The summed E-state index contributed by atoms with van der Waals surface area (Å²) < 4.78 is 54.2. The third-order valence-electron chi connectivity index (χ3n) is 7.23. The molecular formula is C36H55N3O16. The van der Waals surface area contributed by atoms with E-state index in [2.05, 4.69) is 5.32 Å². The summed E-state index contributed by atoms with van der Waals surface area (Å²) in [6.07, 6.45) is 5.12. The van der Waals surface area contributed by atoms with Gasteiger partial charge in [-0.15, -0.1) is 0 Å². The van der Waals surface area contributed by atoms with Crippen molar-refractivity contribution in [2.75, 3.05) is 139 Å². The zero-order valence-electron chi connectivity index (χ0n) is 31.4. The maximum absolute atomic E-state index is 11.9. The van der Waals surface area contributed by atoms with Crippen molar-refractivity contribution >= 4 is 29.4 Å². The average molecular weight is 786 g/mol. The minimum absolute atomic E-state index is 0.0571. The second kappa shape index (κ2) is 32.3. The number of hydrogen-bond donors (Lipinski definition) is 1. The number of ether oxygens (including phenoxy) is 10. The van der Waals surface area contributed by atoms with Crippen LogP contribution in [0.5, 0.6) is 0 Å². The lowest BCUT2D eigenvalue weighted by Gasteiger charge is -2.13. The molecule has 1 aliphatic rings. The molecule has 1 N–H and O–H groups in total. The van der Waals surface area contributed by atoms with Crippen molar-refractivity contribution in [2.24, 2.45) is 0 Å². The first-order valence-electron chi connectivity index (χ1n) is 18.3. The van der Waals surface area contributed by atoms with Gasteiger partial charge in [0, 0.05) is 44.0 Å². The van der Waals surface area contributed by atoms with Crippen LogP contribution in [-0.2, 0) is 61.8 Å².